The maximum atomic E-state index is 12.3. The first-order chi connectivity index (χ1) is 10.3. The topological polar surface area (TPSA) is 41.6 Å². The van der Waals surface area contributed by atoms with Gasteiger partial charge in [0.1, 0.15) is 0 Å². The van der Waals surface area contributed by atoms with Crippen LogP contribution in [-0.4, -0.2) is 48.2 Å². The van der Waals surface area contributed by atoms with E-state index in [1.54, 1.807) is 0 Å². The summed E-state index contributed by atoms with van der Waals surface area (Å²) >= 11 is 0. The van der Waals surface area contributed by atoms with Crippen molar-refractivity contribution in [1.82, 2.24) is 10.2 Å². The Labute approximate surface area is 133 Å². The van der Waals surface area contributed by atoms with Crippen molar-refractivity contribution in [3.05, 3.63) is 35.4 Å². The van der Waals surface area contributed by atoms with E-state index < -0.39 is 0 Å². The molecule has 0 unspecified atom stereocenters. The number of rotatable bonds is 4. The summed E-state index contributed by atoms with van der Waals surface area (Å²) in [4.78, 5) is 14.7. The molecule has 1 saturated heterocycles. The van der Waals surface area contributed by atoms with E-state index in [-0.39, 0.29) is 23.7 Å². The normalized spacial score (nSPS) is 23.3. The zero-order valence-corrected chi connectivity index (χ0v) is 14.3. The summed E-state index contributed by atoms with van der Waals surface area (Å²) in [5, 5.41) is 3.07. The van der Waals surface area contributed by atoms with Gasteiger partial charge in [-0.2, -0.15) is 0 Å². The molecule has 0 aromatic heterocycles. The van der Waals surface area contributed by atoms with Crippen LogP contribution >= 0.6 is 0 Å². The quantitative estimate of drug-likeness (QED) is 0.929. The first-order valence-electron chi connectivity index (χ1n) is 8.03. The van der Waals surface area contributed by atoms with E-state index in [1.165, 1.54) is 0 Å². The summed E-state index contributed by atoms with van der Waals surface area (Å²) in [5.41, 5.74) is 1.73. The van der Waals surface area contributed by atoms with Gasteiger partial charge in [0, 0.05) is 30.7 Å². The van der Waals surface area contributed by atoms with Crippen LogP contribution < -0.4 is 5.32 Å². The Morgan fingerprint density at radius 2 is 1.95 bits per heavy atom. The van der Waals surface area contributed by atoms with Crippen LogP contribution in [0.3, 0.4) is 0 Å². The highest BCUT2D eigenvalue weighted by atomic mass is 16.5. The minimum atomic E-state index is -0.0915. The van der Waals surface area contributed by atoms with Gasteiger partial charge in [0.2, 0.25) is 0 Å². The van der Waals surface area contributed by atoms with E-state index in [4.69, 9.17) is 4.74 Å². The van der Waals surface area contributed by atoms with E-state index in [0.29, 0.717) is 6.54 Å². The predicted octanol–water partition coefficient (Wildman–Crippen LogP) is 2.61. The number of nitrogens with one attached hydrogen (secondary N) is 1. The highest BCUT2D eigenvalue weighted by Crippen LogP contribution is 2.20. The molecular weight excluding hydrogens is 276 g/mol. The number of benzene rings is 1. The Morgan fingerprint density at radius 1 is 1.32 bits per heavy atom. The fraction of sp³-hybridized carbons (Fsp3) is 0.611. The van der Waals surface area contributed by atoms with Gasteiger partial charge < -0.3 is 10.1 Å². The SMILES string of the molecule is Cc1cccc(C(=O)NCC(C)(C)N2C[C@@H](C)O[C@H](C)C2)c1. The molecule has 122 valence electrons. The molecule has 2 atom stereocenters. The fourth-order valence-electron chi connectivity index (χ4n) is 2.97. The minimum Gasteiger partial charge on any atom is -0.373 e. The van der Waals surface area contributed by atoms with Crippen LogP contribution in [-0.2, 0) is 4.74 Å². The van der Waals surface area contributed by atoms with Crippen LogP contribution in [0.5, 0.6) is 0 Å². The van der Waals surface area contributed by atoms with E-state index in [1.807, 2.05) is 31.2 Å². The van der Waals surface area contributed by atoms with Crippen LogP contribution in [0, 0.1) is 6.92 Å². The first-order valence-corrected chi connectivity index (χ1v) is 8.03. The standard InChI is InChI=1S/C18H28N2O2/c1-13-7-6-8-16(9-13)17(21)19-12-18(4,5)20-10-14(2)22-15(3)11-20/h6-9,14-15H,10-12H2,1-5H3,(H,19,21)/t14-,15-/m1/s1. The molecule has 1 amide bonds. The zero-order chi connectivity index (χ0) is 16.3. The molecule has 1 fully saturated rings. The van der Waals surface area contributed by atoms with E-state index in [9.17, 15) is 4.79 Å². The number of carbonyl (C=O) groups excluding carboxylic acids is 1. The lowest BCUT2D eigenvalue weighted by atomic mass is 9.99. The smallest absolute Gasteiger partial charge is 0.251 e. The molecule has 0 radical (unpaired) electrons. The number of hydrogen-bond donors (Lipinski definition) is 1. The summed E-state index contributed by atoms with van der Waals surface area (Å²) in [6, 6.07) is 7.69. The van der Waals surface area contributed by atoms with Crippen LogP contribution in [0.15, 0.2) is 24.3 Å². The minimum absolute atomic E-state index is 0.00821. The van der Waals surface area contributed by atoms with Gasteiger partial charge in [-0.05, 0) is 46.8 Å². The second kappa shape index (κ2) is 6.80. The summed E-state index contributed by atoms with van der Waals surface area (Å²) in [6.07, 6.45) is 0.464. The molecule has 4 heteroatoms. The third-order valence-electron chi connectivity index (χ3n) is 4.24. The van der Waals surface area contributed by atoms with Crippen molar-refractivity contribution in [2.45, 2.75) is 52.4 Å². The van der Waals surface area contributed by atoms with Gasteiger partial charge in [-0.3, -0.25) is 9.69 Å². The third kappa shape index (κ3) is 4.31. The molecule has 0 bridgehead atoms. The second-order valence-corrected chi connectivity index (χ2v) is 7.03. The molecule has 4 nitrogen and oxygen atoms in total. The highest BCUT2D eigenvalue weighted by molar-refractivity contribution is 5.94. The number of nitrogens with zero attached hydrogens (tertiary/aromatic N) is 1. The van der Waals surface area contributed by atoms with E-state index >= 15 is 0 Å². The lowest BCUT2D eigenvalue weighted by molar-refractivity contribution is -0.0948. The molecule has 1 N–H and O–H groups in total. The molecule has 0 aliphatic carbocycles. The van der Waals surface area contributed by atoms with Crippen molar-refractivity contribution in [3.63, 3.8) is 0 Å². The summed E-state index contributed by atoms with van der Waals surface area (Å²) in [5.74, 6) is -0.00821. The van der Waals surface area contributed by atoms with Gasteiger partial charge in [0.15, 0.2) is 0 Å². The van der Waals surface area contributed by atoms with Crippen molar-refractivity contribution in [2.24, 2.45) is 0 Å². The van der Waals surface area contributed by atoms with Crippen molar-refractivity contribution >= 4 is 5.91 Å². The van der Waals surface area contributed by atoms with Crippen LogP contribution in [0.2, 0.25) is 0 Å². The van der Waals surface area contributed by atoms with Gasteiger partial charge in [-0.25, -0.2) is 0 Å². The number of aryl methyl sites for hydroxylation is 1. The van der Waals surface area contributed by atoms with Crippen molar-refractivity contribution in [2.75, 3.05) is 19.6 Å². The lowest BCUT2D eigenvalue weighted by Gasteiger charge is -2.45. The predicted molar refractivity (Wildman–Crippen MR) is 89.2 cm³/mol. The second-order valence-electron chi connectivity index (χ2n) is 7.03. The first kappa shape index (κ1) is 17.0. The summed E-state index contributed by atoms with van der Waals surface area (Å²) in [6.45, 7) is 13.0. The molecule has 1 aliphatic rings. The van der Waals surface area contributed by atoms with Gasteiger partial charge in [-0.15, -0.1) is 0 Å². The number of ether oxygens (including phenoxy) is 1. The molecular formula is C18H28N2O2. The number of hydrogen-bond acceptors (Lipinski definition) is 3. The average molecular weight is 304 g/mol. The molecule has 1 heterocycles. The summed E-state index contributed by atoms with van der Waals surface area (Å²) in [7, 11) is 0. The average Bonchev–Trinajstić information content (AvgIpc) is 2.44. The summed E-state index contributed by atoms with van der Waals surface area (Å²) < 4.78 is 5.79. The molecule has 0 saturated carbocycles. The molecule has 0 spiro atoms. The monoisotopic (exact) mass is 304 g/mol. The third-order valence-corrected chi connectivity index (χ3v) is 4.24. The Balaban J connectivity index is 1.95. The number of carbonyl (C=O) groups is 1. The molecule has 1 aliphatic heterocycles. The number of amides is 1. The van der Waals surface area contributed by atoms with Gasteiger partial charge in [-0.1, -0.05) is 17.7 Å². The lowest BCUT2D eigenvalue weighted by Crippen LogP contribution is -2.58. The molecule has 1 aromatic rings. The van der Waals surface area contributed by atoms with Crippen LogP contribution in [0.4, 0.5) is 0 Å². The van der Waals surface area contributed by atoms with Gasteiger partial charge in [0.05, 0.1) is 12.2 Å². The van der Waals surface area contributed by atoms with Crippen LogP contribution in [0.1, 0.15) is 43.6 Å². The van der Waals surface area contributed by atoms with Gasteiger partial charge in [0.25, 0.3) is 5.91 Å². The van der Waals surface area contributed by atoms with Crippen LogP contribution in [0.25, 0.3) is 0 Å². The Kier molecular flexibility index (Phi) is 5.24. The maximum Gasteiger partial charge on any atom is 0.251 e. The molecule has 22 heavy (non-hydrogen) atoms. The van der Waals surface area contributed by atoms with Crippen molar-refractivity contribution in [1.29, 1.82) is 0 Å². The Morgan fingerprint density at radius 3 is 2.55 bits per heavy atom. The zero-order valence-electron chi connectivity index (χ0n) is 14.3. The fourth-order valence-corrected chi connectivity index (χ4v) is 2.97. The van der Waals surface area contributed by atoms with Crippen molar-refractivity contribution < 1.29 is 9.53 Å². The maximum absolute atomic E-state index is 12.3. The number of morpholine rings is 1. The van der Waals surface area contributed by atoms with E-state index in [0.717, 1.165) is 24.2 Å². The van der Waals surface area contributed by atoms with E-state index in [2.05, 4.69) is 37.9 Å². The Bertz CT molecular complexity index is 518. The van der Waals surface area contributed by atoms with Gasteiger partial charge >= 0.3 is 0 Å². The molecule has 1 aromatic carbocycles. The largest absolute Gasteiger partial charge is 0.373 e. The highest BCUT2D eigenvalue weighted by Gasteiger charge is 2.33. The van der Waals surface area contributed by atoms with Crippen molar-refractivity contribution in [3.8, 4) is 0 Å². The Hall–Kier alpha value is -1.39. The molecule has 2 rings (SSSR count).